The molecule has 4 saturated heterocycles. The van der Waals surface area contributed by atoms with Crippen LogP contribution in [-0.4, -0.2) is 222 Å². The Morgan fingerprint density at radius 1 is 0.455 bits per heavy atom. The van der Waals surface area contributed by atoms with E-state index in [9.17, 15) is 66.1 Å². The Labute approximate surface area is 526 Å². The summed E-state index contributed by atoms with van der Waals surface area (Å²) in [5.74, 6) is -0.290. The number of rotatable bonds is 49. The highest BCUT2D eigenvalue weighted by Gasteiger charge is 2.55. The van der Waals surface area contributed by atoms with Crippen molar-refractivity contribution in [2.24, 2.45) is 0 Å². The van der Waals surface area contributed by atoms with E-state index in [2.05, 4.69) is 19.2 Å². The summed E-state index contributed by atoms with van der Waals surface area (Å²) >= 11 is 0. The quantitative estimate of drug-likeness (QED) is 0.0244. The fourth-order valence-electron chi connectivity index (χ4n) is 12.3. The molecule has 0 aliphatic carbocycles. The van der Waals surface area contributed by atoms with E-state index in [1.54, 1.807) is 13.0 Å². The largest absolute Gasteiger partial charge is 0.394 e. The summed E-state index contributed by atoms with van der Waals surface area (Å²) in [5.41, 5.74) is 0. The van der Waals surface area contributed by atoms with Gasteiger partial charge in [0.15, 0.2) is 25.2 Å². The first-order valence-corrected chi connectivity index (χ1v) is 34.7. The Bertz CT molecular complexity index is 1760. The Hall–Kier alpha value is -1.59. The van der Waals surface area contributed by atoms with Crippen molar-refractivity contribution in [3.63, 3.8) is 0 Å². The van der Waals surface area contributed by atoms with Crippen LogP contribution in [-0.2, 0) is 42.7 Å². The number of unbranched alkanes of at least 4 members (excludes halogenated alkanes) is 31. The molecule has 4 rings (SSSR count). The summed E-state index contributed by atoms with van der Waals surface area (Å²) in [6, 6.07) is -0.999. The van der Waals surface area contributed by atoms with E-state index in [1.807, 2.05) is 6.08 Å². The number of hydrogen-bond donors (Lipinski definition) is 13. The average molecular weight is 1270 g/mol. The molecule has 518 valence electrons. The van der Waals surface area contributed by atoms with Crippen molar-refractivity contribution in [3.8, 4) is 0 Å². The van der Waals surface area contributed by atoms with Crippen molar-refractivity contribution in [2.75, 3.05) is 26.4 Å². The fourth-order valence-corrected chi connectivity index (χ4v) is 12.3. The van der Waals surface area contributed by atoms with Gasteiger partial charge in [-0.05, 0) is 26.2 Å². The molecule has 0 aromatic carbocycles. The van der Waals surface area contributed by atoms with Gasteiger partial charge in [0, 0.05) is 12.8 Å². The summed E-state index contributed by atoms with van der Waals surface area (Å²) in [6.45, 7) is 3.14. The molecule has 21 atom stereocenters. The van der Waals surface area contributed by atoms with Crippen LogP contribution < -0.4 is 5.32 Å². The maximum absolute atomic E-state index is 13.4. The van der Waals surface area contributed by atoms with Crippen LogP contribution in [0.5, 0.6) is 0 Å². The lowest BCUT2D eigenvalue weighted by atomic mass is 9.95. The van der Waals surface area contributed by atoms with Crippen molar-refractivity contribution in [1.82, 2.24) is 5.32 Å². The third kappa shape index (κ3) is 28.6. The van der Waals surface area contributed by atoms with Crippen LogP contribution in [0.1, 0.15) is 245 Å². The zero-order chi connectivity index (χ0) is 64.1. The van der Waals surface area contributed by atoms with Gasteiger partial charge in [0.25, 0.3) is 0 Å². The molecule has 0 bridgehead atoms. The standard InChI is InChI=1S/C66H123NO21/c1-4-6-8-10-12-14-16-18-19-20-21-22-23-24-25-27-29-31-33-35-37-39-52(73)67-46(47(71)38-36-34-32-30-28-26-17-15-13-11-9-7-5-2)44-81-63-58(79)57(78)60(51(43-70)85-63)86-65-59(80)61(55(76)50(42-69)83-65)87-66-62(56(77)54(75)49(41-68)84-66)88-64-53(74)48(72)40-45(3)82-64/h36,38,45-51,53-66,68-72,74-80H,4-35,37,39-44H2,1-3H3,(H,67,73)/b38-36+/t45?,46-,47+,48?,49?,50?,51?,53-,54-,55-,56-,57+,58?,59?,60+,61-,62?,63+,64-,65-,66+/m0/s1. The van der Waals surface area contributed by atoms with Crippen LogP contribution in [0.25, 0.3) is 0 Å². The summed E-state index contributed by atoms with van der Waals surface area (Å²) < 4.78 is 46.8. The summed E-state index contributed by atoms with van der Waals surface area (Å²) in [7, 11) is 0. The van der Waals surface area contributed by atoms with Gasteiger partial charge >= 0.3 is 0 Å². The SMILES string of the molecule is CCCCCCCCCCCCC/C=C/[C@@H](O)[C@H](CO[C@@H]1OC(CO)[C@@H](O[C@@H]2OC(CO)[C@H](O)[C@H](O[C@H]3OC(CO)[C@H](O)[C@H](O)C3O[C@@H]3OC(C)CC(O)[C@@H]3O)C2O)[C@H](O)C1O)NC(=O)CCCCCCCCCCCCCCCCCCCCCCC. The second-order valence-electron chi connectivity index (χ2n) is 25.6. The second kappa shape index (κ2) is 46.5. The minimum atomic E-state index is -2.04. The minimum Gasteiger partial charge on any atom is -0.394 e. The van der Waals surface area contributed by atoms with E-state index < -0.39 is 149 Å². The van der Waals surface area contributed by atoms with Crippen LogP contribution in [0, 0.1) is 0 Å². The molecular formula is C66H123NO21. The first kappa shape index (κ1) is 78.9. The zero-order valence-electron chi connectivity index (χ0n) is 53.9. The number of carbonyl (C=O) groups excluding carboxylic acids is 1. The first-order chi connectivity index (χ1) is 42.6. The average Bonchev–Trinajstić information content (AvgIpc) is 0.940. The van der Waals surface area contributed by atoms with Gasteiger partial charge in [0.2, 0.25) is 5.91 Å². The Balaban J connectivity index is 1.29. The van der Waals surface area contributed by atoms with Crippen molar-refractivity contribution in [3.05, 3.63) is 12.2 Å². The summed E-state index contributed by atoms with van der Waals surface area (Å²) in [6.07, 6.45) is 11.2. The van der Waals surface area contributed by atoms with Crippen molar-refractivity contribution in [2.45, 2.75) is 374 Å². The van der Waals surface area contributed by atoms with Gasteiger partial charge in [-0.3, -0.25) is 4.79 Å². The molecule has 4 fully saturated rings. The molecule has 22 nitrogen and oxygen atoms in total. The molecule has 22 heteroatoms. The van der Waals surface area contributed by atoms with Gasteiger partial charge in [-0.1, -0.05) is 219 Å². The molecule has 88 heavy (non-hydrogen) atoms. The second-order valence-corrected chi connectivity index (χ2v) is 25.6. The molecule has 0 spiro atoms. The van der Waals surface area contributed by atoms with Gasteiger partial charge in [0.05, 0.1) is 50.8 Å². The first-order valence-electron chi connectivity index (χ1n) is 34.7. The van der Waals surface area contributed by atoms with E-state index in [-0.39, 0.29) is 25.4 Å². The number of allylic oxidation sites excluding steroid dienone is 1. The minimum absolute atomic E-state index is 0.0498. The monoisotopic (exact) mass is 1270 g/mol. The van der Waals surface area contributed by atoms with E-state index in [1.165, 1.54) is 161 Å². The molecule has 4 heterocycles. The summed E-state index contributed by atoms with van der Waals surface area (Å²) in [4.78, 5) is 13.4. The number of hydrogen-bond acceptors (Lipinski definition) is 21. The molecular weight excluding hydrogens is 1140 g/mol. The van der Waals surface area contributed by atoms with E-state index in [0.29, 0.717) is 6.42 Å². The lowest BCUT2D eigenvalue weighted by Crippen LogP contribution is -2.67. The number of ether oxygens (including phenoxy) is 8. The van der Waals surface area contributed by atoms with Crippen LogP contribution in [0.15, 0.2) is 12.2 Å². The third-order valence-electron chi connectivity index (χ3n) is 18.0. The predicted molar refractivity (Wildman–Crippen MR) is 330 cm³/mol. The molecule has 0 saturated carbocycles. The van der Waals surface area contributed by atoms with Crippen LogP contribution >= 0.6 is 0 Å². The van der Waals surface area contributed by atoms with Gasteiger partial charge in [-0.15, -0.1) is 0 Å². The predicted octanol–water partition coefficient (Wildman–Crippen LogP) is 6.04. The fraction of sp³-hybridized carbons (Fsp3) is 0.955. The Morgan fingerprint density at radius 3 is 1.36 bits per heavy atom. The highest BCUT2D eigenvalue weighted by atomic mass is 16.8. The normalized spacial score (nSPS) is 32.8. The molecule has 0 aromatic rings. The molecule has 1 amide bonds. The number of nitrogens with one attached hydrogen (secondary N) is 1. The van der Waals surface area contributed by atoms with Crippen molar-refractivity contribution >= 4 is 5.91 Å². The maximum atomic E-state index is 13.4. The highest BCUT2D eigenvalue weighted by molar-refractivity contribution is 5.76. The molecule has 0 aromatic heterocycles. The van der Waals surface area contributed by atoms with Gasteiger partial charge in [-0.25, -0.2) is 0 Å². The molecule has 8 unspecified atom stereocenters. The van der Waals surface area contributed by atoms with Gasteiger partial charge in [0.1, 0.15) is 79.4 Å². The van der Waals surface area contributed by atoms with Crippen LogP contribution in [0.2, 0.25) is 0 Å². The van der Waals surface area contributed by atoms with Gasteiger partial charge in [-0.2, -0.15) is 0 Å². The maximum Gasteiger partial charge on any atom is 0.220 e. The van der Waals surface area contributed by atoms with Crippen LogP contribution in [0.3, 0.4) is 0 Å². The third-order valence-corrected chi connectivity index (χ3v) is 18.0. The molecule has 4 aliphatic heterocycles. The smallest absolute Gasteiger partial charge is 0.220 e. The lowest BCUT2D eigenvalue weighted by molar-refractivity contribution is -0.393. The molecule has 13 N–H and O–H groups in total. The molecule has 0 radical (unpaired) electrons. The number of carbonyl (C=O) groups is 1. The van der Waals surface area contributed by atoms with Crippen molar-refractivity contribution in [1.29, 1.82) is 0 Å². The number of aliphatic hydroxyl groups is 12. The topological polar surface area (TPSA) is 346 Å². The Morgan fingerprint density at radius 2 is 0.864 bits per heavy atom. The summed E-state index contributed by atoms with van der Waals surface area (Å²) in [5, 5.41) is 134. The highest BCUT2D eigenvalue weighted by Crippen LogP contribution is 2.35. The number of aliphatic hydroxyl groups excluding tert-OH is 12. The Kier molecular flexibility index (Phi) is 41.7. The van der Waals surface area contributed by atoms with Crippen molar-refractivity contribution < 1.29 is 104 Å². The number of amides is 1. The lowest BCUT2D eigenvalue weighted by Gasteiger charge is -2.49. The van der Waals surface area contributed by atoms with Crippen LogP contribution in [0.4, 0.5) is 0 Å². The van der Waals surface area contributed by atoms with E-state index in [4.69, 9.17) is 37.9 Å². The van der Waals surface area contributed by atoms with E-state index >= 15 is 0 Å². The van der Waals surface area contributed by atoms with Gasteiger partial charge < -0.3 is 104 Å². The zero-order valence-corrected chi connectivity index (χ0v) is 53.9. The molecule has 4 aliphatic rings. The van der Waals surface area contributed by atoms with E-state index in [0.717, 1.165) is 44.9 Å².